The van der Waals surface area contributed by atoms with E-state index in [1.807, 2.05) is 18.2 Å². The lowest BCUT2D eigenvalue weighted by molar-refractivity contribution is -0.115. The van der Waals surface area contributed by atoms with E-state index in [2.05, 4.69) is 5.32 Å². The van der Waals surface area contributed by atoms with Crippen LogP contribution in [-0.2, 0) is 4.79 Å². The van der Waals surface area contributed by atoms with E-state index < -0.39 is 0 Å². The third-order valence-corrected chi connectivity index (χ3v) is 2.91. The Labute approximate surface area is 107 Å². The van der Waals surface area contributed by atoms with Gasteiger partial charge in [-0.05, 0) is 25.0 Å². The molecule has 0 heterocycles. The lowest BCUT2D eigenvalue weighted by Gasteiger charge is -2.17. The number of methoxy groups -OCH3 is 2. The van der Waals surface area contributed by atoms with Crippen LogP contribution in [0, 0.1) is 0 Å². The molecule has 2 rings (SSSR count). The fourth-order valence-electron chi connectivity index (χ4n) is 1.97. The number of hydrogen-bond donors (Lipinski definition) is 1. The van der Waals surface area contributed by atoms with Crippen molar-refractivity contribution in [3.63, 3.8) is 0 Å². The normalized spacial score (nSPS) is 15.0. The highest BCUT2D eigenvalue weighted by Crippen LogP contribution is 2.31. The SMILES string of the molecule is COc1ccc(NC2=CC(=O)CCC2)c(OC)c1. The average molecular weight is 247 g/mol. The number of hydrogen-bond acceptors (Lipinski definition) is 4. The molecule has 0 spiro atoms. The third kappa shape index (κ3) is 2.83. The van der Waals surface area contributed by atoms with Gasteiger partial charge in [-0.3, -0.25) is 4.79 Å². The maximum Gasteiger partial charge on any atom is 0.157 e. The molecule has 1 N–H and O–H groups in total. The van der Waals surface area contributed by atoms with Crippen molar-refractivity contribution in [3.8, 4) is 11.5 Å². The standard InChI is InChI=1S/C14H17NO3/c1-17-12-6-7-13(14(9-12)18-2)15-10-4-3-5-11(16)8-10/h6-9,15H,3-5H2,1-2H3. The minimum Gasteiger partial charge on any atom is -0.497 e. The minimum absolute atomic E-state index is 0.177. The molecule has 4 heteroatoms. The van der Waals surface area contributed by atoms with Gasteiger partial charge in [0.1, 0.15) is 11.5 Å². The van der Waals surface area contributed by atoms with Crippen LogP contribution in [-0.4, -0.2) is 20.0 Å². The first kappa shape index (κ1) is 12.5. The second kappa shape index (κ2) is 5.58. The van der Waals surface area contributed by atoms with Crippen molar-refractivity contribution in [1.82, 2.24) is 0 Å². The number of carbonyl (C=O) groups is 1. The van der Waals surface area contributed by atoms with E-state index in [-0.39, 0.29) is 5.78 Å². The zero-order valence-corrected chi connectivity index (χ0v) is 10.7. The van der Waals surface area contributed by atoms with E-state index in [0.29, 0.717) is 12.2 Å². The van der Waals surface area contributed by atoms with E-state index in [1.54, 1.807) is 20.3 Å². The number of anilines is 1. The summed E-state index contributed by atoms with van der Waals surface area (Å²) in [6.07, 6.45) is 4.11. The van der Waals surface area contributed by atoms with Crippen LogP contribution in [0.4, 0.5) is 5.69 Å². The molecule has 0 saturated heterocycles. The first-order valence-corrected chi connectivity index (χ1v) is 5.95. The smallest absolute Gasteiger partial charge is 0.157 e. The highest BCUT2D eigenvalue weighted by molar-refractivity contribution is 5.91. The summed E-state index contributed by atoms with van der Waals surface area (Å²) in [5.74, 6) is 1.62. The largest absolute Gasteiger partial charge is 0.497 e. The highest BCUT2D eigenvalue weighted by atomic mass is 16.5. The predicted molar refractivity (Wildman–Crippen MR) is 70.1 cm³/mol. The number of carbonyl (C=O) groups excluding carboxylic acids is 1. The predicted octanol–water partition coefficient (Wildman–Crippen LogP) is 2.75. The van der Waals surface area contributed by atoms with Crippen molar-refractivity contribution in [2.75, 3.05) is 19.5 Å². The lowest BCUT2D eigenvalue weighted by atomic mass is 10.0. The molecule has 18 heavy (non-hydrogen) atoms. The second-order valence-corrected chi connectivity index (χ2v) is 4.18. The van der Waals surface area contributed by atoms with Gasteiger partial charge in [0.05, 0.1) is 19.9 Å². The number of ether oxygens (including phenoxy) is 2. The van der Waals surface area contributed by atoms with Gasteiger partial charge in [0, 0.05) is 24.3 Å². The Balaban J connectivity index is 2.20. The van der Waals surface area contributed by atoms with E-state index in [4.69, 9.17) is 9.47 Å². The number of ketones is 1. The molecule has 1 aliphatic carbocycles. The van der Waals surface area contributed by atoms with Gasteiger partial charge in [-0.15, -0.1) is 0 Å². The van der Waals surface area contributed by atoms with Crippen molar-refractivity contribution >= 4 is 11.5 Å². The van der Waals surface area contributed by atoms with Crippen LogP contribution in [0.25, 0.3) is 0 Å². The quantitative estimate of drug-likeness (QED) is 0.888. The summed E-state index contributed by atoms with van der Waals surface area (Å²) in [6, 6.07) is 5.56. The number of allylic oxidation sites excluding steroid dienone is 2. The van der Waals surface area contributed by atoms with Crippen LogP contribution in [0.1, 0.15) is 19.3 Å². The fraction of sp³-hybridized carbons (Fsp3) is 0.357. The summed E-state index contributed by atoms with van der Waals surface area (Å²) in [5, 5.41) is 3.24. The topological polar surface area (TPSA) is 47.6 Å². The molecule has 0 unspecified atom stereocenters. The zero-order chi connectivity index (χ0) is 13.0. The first-order valence-electron chi connectivity index (χ1n) is 5.95. The molecule has 0 radical (unpaired) electrons. The Morgan fingerprint density at radius 3 is 2.67 bits per heavy atom. The summed E-state index contributed by atoms with van der Waals surface area (Å²) in [6.45, 7) is 0. The third-order valence-electron chi connectivity index (χ3n) is 2.91. The van der Waals surface area contributed by atoms with Crippen LogP contribution in [0.15, 0.2) is 30.0 Å². The van der Waals surface area contributed by atoms with E-state index >= 15 is 0 Å². The molecular formula is C14H17NO3. The molecule has 0 bridgehead atoms. The second-order valence-electron chi connectivity index (χ2n) is 4.18. The Bertz CT molecular complexity index is 480. The van der Waals surface area contributed by atoms with Crippen LogP contribution in [0.5, 0.6) is 11.5 Å². The van der Waals surface area contributed by atoms with Crippen LogP contribution in [0.3, 0.4) is 0 Å². The average Bonchev–Trinajstić information content (AvgIpc) is 2.39. The van der Waals surface area contributed by atoms with Gasteiger partial charge < -0.3 is 14.8 Å². The molecule has 0 aliphatic heterocycles. The zero-order valence-electron chi connectivity index (χ0n) is 10.7. The van der Waals surface area contributed by atoms with Crippen LogP contribution < -0.4 is 14.8 Å². The highest BCUT2D eigenvalue weighted by Gasteiger charge is 2.12. The first-order chi connectivity index (χ1) is 8.72. The van der Waals surface area contributed by atoms with Crippen molar-refractivity contribution < 1.29 is 14.3 Å². The molecule has 1 aromatic carbocycles. The molecule has 1 aliphatic rings. The Morgan fingerprint density at radius 2 is 2.00 bits per heavy atom. The van der Waals surface area contributed by atoms with Gasteiger partial charge in [-0.25, -0.2) is 0 Å². The van der Waals surface area contributed by atoms with Crippen LogP contribution in [0.2, 0.25) is 0 Å². The van der Waals surface area contributed by atoms with Crippen molar-refractivity contribution in [3.05, 3.63) is 30.0 Å². The van der Waals surface area contributed by atoms with Gasteiger partial charge in [0.25, 0.3) is 0 Å². The monoisotopic (exact) mass is 247 g/mol. The summed E-state index contributed by atoms with van der Waals surface area (Å²) >= 11 is 0. The van der Waals surface area contributed by atoms with Gasteiger partial charge in [-0.2, -0.15) is 0 Å². The number of nitrogens with one attached hydrogen (secondary N) is 1. The Kier molecular flexibility index (Phi) is 3.87. The molecule has 0 aromatic heterocycles. The summed E-state index contributed by atoms with van der Waals surface area (Å²) in [7, 11) is 3.23. The Hall–Kier alpha value is -1.97. The molecular weight excluding hydrogens is 230 g/mol. The van der Waals surface area contributed by atoms with Gasteiger partial charge in [0.2, 0.25) is 0 Å². The van der Waals surface area contributed by atoms with Gasteiger partial charge in [-0.1, -0.05) is 0 Å². The van der Waals surface area contributed by atoms with Crippen LogP contribution >= 0.6 is 0 Å². The molecule has 0 amide bonds. The molecule has 0 saturated carbocycles. The number of rotatable bonds is 4. The maximum absolute atomic E-state index is 11.4. The van der Waals surface area contributed by atoms with Gasteiger partial charge in [0.15, 0.2) is 5.78 Å². The summed E-state index contributed by atoms with van der Waals surface area (Å²) < 4.78 is 10.4. The van der Waals surface area contributed by atoms with E-state index in [9.17, 15) is 4.79 Å². The molecule has 0 fully saturated rings. The summed E-state index contributed by atoms with van der Waals surface area (Å²) in [4.78, 5) is 11.4. The van der Waals surface area contributed by atoms with E-state index in [1.165, 1.54) is 0 Å². The van der Waals surface area contributed by atoms with Crippen molar-refractivity contribution in [2.45, 2.75) is 19.3 Å². The minimum atomic E-state index is 0.177. The molecule has 0 atom stereocenters. The number of benzene rings is 1. The molecule has 96 valence electrons. The molecule has 1 aromatic rings. The summed E-state index contributed by atoms with van der Waals surface area (Å²) in [5.41, 5.74) is 1.79. The lowest BCUT2D eigenvalue weighted by Crippen LogP contribution is -2.09. The van der Waals surface area contributed by atoms with Crippen molar-refractivity contribution in [2.24, 2.45) is 0 Å². The maximum atomic E-state index is 11.4. The Morgan fingerprint density at radius 1 is 1.17 bits per heavy atom. The van der Waals surface area contributed by atoms with Crippen molar-refractivity contribution in [1.29, 1.82) is 0 Å². The van der Waals surface area contributed by atoms with E-state index in [0.717, 1.165) is 30.0 Å². The fourth-order valence-corrected chi connectivity index (χ4v) is 1.97. The molecule has 4 nitrogen and oxygen atoms in total. The van der Waals surface area contributed by atoms with Gasteiger partial charge >= 0.3 is 0 Å².